The van der Waals surface area contributed by atoms with Gasteiger partial charge in [-0.1, -0.05) is 13.5 Å². The summed E-state index contributed by atoms with van der Waals surface area (Å²) < 4.78 is 18.1. The molecule has 7 aliphatic rings. The van der Waals surface area contributed by atoms with E-state index < -0.39 is 68.1 Å². The van der Waals surface area contributed by atoms with E-state index in [1.54, 1.807) is 34.6 Å². The van der Waals surface area contributed by atoms with Gasteiger partial charge < -0.3 is 14.2 Å². The smallest absolute Gasteiger partial charge is 0.331 e. The van der Waals surface area contributed by atoms with E-state index in [9.17, 15) is 24.0 Å². The summed E-state index contributed by atoms with van der Waals surface area (Å²) in [5, 5.41) is 0. The van der Waals surface area contributed by atoms with E-state index in [4.69, 9.17) is 14.2 Å². The van der Waals surface area contributed by atoms with Crippen molar-refractivity contribution < 1.29 is 38.2 Å². The van der Waals surface area contributed by atoms with Crippen molar-refractivity contribution in [2.24, 2.45) is 21.7 Å². The van der Waals surface area contributed by atoms with Crippen molar-refractivity contribution in [3.05, 3.63) is 23.8 Å². The van der Waals surface area contributed by atoms with Crippen molar-refractivity contribution in [1.29, 1.82) is 0 Å². The monoisotopic (exact) mass is 454 g/mol. The first-order valence-corrected chi connectivity index (χ1v) is 11.2. The Kier molecular flexibility index (Phi) is 3.12. The third kappa shape index (κ3) is 1.45. The Balaban J connectivity index is 1.92. The highest BCUT2D eigenvalue weighted by molar-refractivity contribution is 6.16. The fourth-order valence-electron chi connectivity index (χ4n) is 8.96. The molecule has 7 rings (SSSR count). The Bertz CT molecular complexity index is 1220. The molecule has 2 spiro atoms. The summed E-state index contributed by atoms with van der Waals surface area (Å²) in [6, 6.07) is 0. The molecule has 7 atom stereocenters. The van der Waals surface area contributed by atoms with Gasteiger partial charge in [-0.15, -0.1) is 0 Å². The second-order valence-electron chi connectivity index (χ2n) is 11.5. The van der Waals surface area contributed by atoms with Crippen LogP contribution in [-0.2, 0) is 38.2 Å². The minimum atomic E-state index is -1.92. The summed E-state index contributed by atoms with van der Waals surface area (Å²) >= 11 is 0. The van der Waals surface area contributed by atoms with E-state index in [1.807, 2.05) is 0 Å². The molecule has 0 amide bonds. The summed E-state index contributed by atoms with van der Waals surface area (Å²) in [7, 11) is 0. The summed E-state index contributed by atoms with van der Waals surface area (Å²) in [6.07, 6.45) is -0.0731. The van der Waals surface area contributed by atoms with Crippen molar-refractivity contribution in [2.75, 3.05) is 0 Å². The molecule has 0 unspecified atom stereocenters. The molecule has 5 bridgehead atoms. The molecular formula is C25H26O8. The summed E-state index contributed by atoms with van der Waals surface area (Å²) in [5.41, 5.74) is -10.8. The second kappa shape index (κ2) is 4.92. The van der Waals surface area contributed by atoms with Crippen LogP contribution in [0.15, 0.2) is 23.8 Å². The maximum atomic E-state index is 14.4. The third-order valence-corrected chi connectivity index (χ3v) is 10.2. The number of rotatable bonds is 1. The van der Waals surface area contributed by atoms with Crippen LogP contribution in [0, 0.1) is 21.7 Å². The quantitative estimate of drug-likeness (QED) is 0.435. The first kappa shape index (κ1) is 21.0. The van der Waals surface area contributed by atoms with Crippen LogP contribution in [0.4, 0.5) is 0 Å². The Morgan fingerprint density at radius 1 is 1.12 bits per heavy atom. The molecule has 0 radical (unpaired) electrons. The normalized spacial score (nSPS) is 52.7. The molecule has 0 aromatic heterocycles. The van der Waals surface area contributed by atoms with Gasteiger partial charge in [0.1, 0.15) is 22.9 Å². The number of hydrogen-bond donors (Lipinski definition) is 0. The van der Waals surface area contributed by atoms with Crippen LogP contribution in [0.1, 0.15) is 54.4 Å². The predicted octanol–water partition coefficient (Wildman–Crippen LogP) is 1.79. The number of cyclic esters (lactones) is 2. The Morgan fingerprint density at radius 2 is 1.76 bits per heavy atom. The van der Waals surface area contributed by atoms with E-state index in [0.29, 0.717) is 5.57 Å². The number of ketones is 3. The van der Waals surface area contributed by atoms with Gasteiger partial charge in [-0.2, -0.15) is 0 Å². The topological polar surface area (TPSA) is 113 Å². The molecule has 33 heavy (non-hydrogen) atoms. The second-order valence-corrected chi connectivity index (χ2v) is 11.5. The van der Waals surface area contributed by atoms with E-state index >= 15 is 0 Å². The van der Waals surface area contributed by atoms with Crippen LogP contribution in [0.2, 0.25) is 0 Å². The van der Waals surface area contributed by atoms with Gasteiger partial charge in [0.2, 0.25) is 0 Å². The van der Waals surface area contributed by atoms with Crippen molar-refractivity contribution in [3.63, 3.8) is 0 Å². The lowest BCUT2D eigenvalue weighted by Crippen LogP contribution is -2.74. The Labute approximate surface area is 190 Å². The molecule has 174 valence electrons. The lowest BCUT2D eigenvalue weighted by molar-refractivity contribution is -0.235. The molecule has 8 heteroatoms. The molecule has 0 aromatic rings. The number of carbonyl (C=O) groups excluding carboxylic acids is 5. The minimum absolute atomic E-state index is 0.000579. The maximum absolute atomic E-state index is 14.4. The highest BCUT2D eigenvalue weighted by atomic mass is 16.6. The van der Waals surface area contributed by atoms with Gasteiger partial charge in [-0.3, -0.25) is 19.2 Å². The predicted molar refractivity (Wildman–Crippen MR) is 111 cm³/mol. The lowest BCUT2D eigenvalue weighted by atomic mass is 9.34. The van der Waals surface area contributed by atoms with Gasteiger partial charge in [0.05, 0.1) is 10.8 Å². The van der Waals surface area contributed by atoms with Gasteiger partial charge in [0.25, 0.3) is 0 Å². The molecule has 0 N–H and O–H groups in total. The molecule has 3 saturated carbocycles. The molecule has 6 fully saturated rings. The van der Waals surface area contributed by atoms with Crippen LogP contribution in [0.25, 0.3) is 0 Å². The fourth-order valence-corrected chi connectivity index (χ4v) is 8.96. The number of esters is 2. The van der Waals surface area contributed by atoms with E-state index in [2.05, 4.69) is 6.58 Å². The highest BCUT2D eigenvalue weighted by Crippen LogP contribution is 2.86. The first-order valence-electron chi connectivity index (χ1n) is 11.2. The summed E-state index contributed by atoms with van der Waals surface area (Å²) in [5.74, 6) is -2.58. The first-order chi connectivity index (χ1) is 15.1. The summed E-state index contributed by atoms with van der Waals surface area (Å²) in [6.45, 7) is 13.7. The zero-order chi connectivity index (χ0) is 24.4. The molecule has 3 saturated heterocycles. The van der Waals surface area contributed by atoms with Crippen LogP contribution in [0.5, 0.6) is 0 Å². The van der Waals surface area contributed by atoms with Gasteiger partial charge in [-0.05, 0) is 52.2 Å². The highest BCUT2D eigenvalue weighted by Gasteiger charge is 2.97. The molecule has 4 heterocycles. The zero-order valence-electron chi connectivity index (χ0n) is 19.5. The Hall–Kier alpha value is -2.61. The number of hydrogen-bond acceptors (Lipinski definition) is 8. The Morgan fingerprint density at radius 3 is 2.36 bits per heavy atom. The summed E-state index contributed by atoms with van der Waals surface area (Å²) in [4.78, 5) is 68.9. The molecule has 8 nitrogen and oxygen atoms in total. The average Bonchev–Trinajstić information content (AvgIpc) is 2.89. The molecule has 0 aromatic carbocycles. The van der Waals surface area contributed by atoms with E-state index in [0.717, 1.165) is 0 Å². The molecule has 3 aliphatic carbocycles. The van der Waals surface area contributed by atoms with E-state index in [-0.39, 0.29) is 24.2 Å². The van der Waals surface area contributed by atoms with Gasteiger partial charge in [-0.25, -0.2) is 4.79 Å². The van der Waals surface area contributed by atoms with Gasteiger partial charge in [0, 0.05) is 17.9 Å². The molecule has 4 aliphatic heterocycles. The van der Waals surface area contributed by atoms with Gasteiger partial charge >= 0.3 is 11.9 Å². The third-order valence-electron chi connectivity index (χ3n) is 10.2. The number of carbonyl (C=O) groups is 5. The number of Topliss-reactive ketones (excluding diaryl/α,β-unsaturated/α-hetero) is 3. The lowest BCUT2D eigenvalue weighted by Gasteiger charge is -2.65. The number of ether oxygens (including phenoxy) is 3. The van der Waals surface area contributed by atoms with Crippen LogP contribution in [-0.4, -0.2) is 52.2 Å². The zero-order valence-corrected chi connectivity index (χ0v) is 19.5. The standard InChI is InChI=1S/C25H26O8/c1-11-20(6)10-22(12(2)26)14-8-16(28)32-19(4,5)25(14)15(27)9-21(22,7)23(11)18(30)31-13(3)24(23,33-25)17(20)29/h8,13H,1,9-10H2,2-7H3/t13-,20+,21-,22-,23+,24+,25-/m0/s1. The van der Waals surface area contributed by atoms with E-state index in [1.165, 1.54) is 13.0 Å². The molecular weight excluding hydrogens is 428 g/mol. The number of fused-ring (bicyclic) bond motifs is 2. The maximum Gasteiger partial charge on any atom is 0.331 e. The van der Waals surface area contributed by atoms with Crippen LogP contribution < -0.4 is 0 Å². The van der Waals surface area contributed by atoms with Crippen molar-refractivity contribution in [3.8, 4) is 0 Å². The van der Waals surface area contributed by atoms with Crippen molar-refractivity contribution >= 4 is 29.3 Å². The average molecular weight is 454 g/mol. The van der Waals surface area contributed by atoms with Crippen LogP contribution in [0.3, 0.4) is 0 Å². The van der Waals surface area contributed by atoms with Crippen LogP contribution >= 0.6 is 0 Å². The van der Waals surface area contributed by atoms with Crippen molar-refractivity contribution in [1.82, 2.24) is 0 Å². The van der Waals surface area contributed by atoms with Gasteiger partial charge in [0.15, 0.2) is 22.8 Å². The largest absolute Gasteiger partial charge is 0.458 e. The SMILES string of the molecule is C=C1[C@@]2(C)C[C@]3(C(C)=O)C4=CC(=O)OC(C)(C)[C@]45O[C@@]4(C2=O)[C@H](C)OC(=O)[C@@]14[C@@]3(C)CC5=O. The fraction of sp³-hybridized carbons (Fsp3) is 0.640. The van der Waals surface area contributed by atoms with Crippen molar-refractivity contribution in [2.45, 2.75) is 77.3 Å². The minimum Gasteiger partial charge on any atom is -0.458 e.